The maximum atomic E-state index is 13.3. The molecular weight excluding hydrogens is 653 g/mol. The SMILES string of the molecule is COC(=O)c1c(Oc2cccc(-c3nc(C(=O)c4ccccc4)nn3COCC[Si](C)(C)C)c2)ccc2c1ccn2COCC[Si](C)(C)C. The van der Waals surface area contributed by atoms with Gasteiger partial charge in [-0.05, 0) is 42.4 Å². The summed E-state index contributed by atoms with van der Waals surface area (Å²) in [6, 6.07) is 23.9. The number of rotatable bonds is 16. The summed E-state index contributed by atoms with van der Waals surface area (Å²) in [6.45, 7) is 15.6. The second kappa shape index (κ2) is 15.5. The molecule has 5 rings (SSSR count). The van der Waals surface area contributed by atoms with Crippen LogP contribution >= 0.6 is 0 Å². The smallest absolute Gasteiger partial charge is 0.342 e. The minimum atomic E-state index is -1.30. The number of ether oxygens (including phenoxy) is 4. The summed E-state index contributed by atoms with van der Waals surface area (Å²) < 4.78 is 27.1. The molecule has 5 aromatic rings. The lowest BCUT2D eigenvalue weighted by Gasteiger charge is -2.16. The van der Waals surface area contributed by atoms with Crippen molar-refractivity contribution in [2.24, 2.45) is 0 Å². The first-order valence-electron chi connectivity index (χ1n) is 16.5. The lowest BCUT2D eigenvalue weighted by molar-refractivity contribution is 0.0600. The van der Waals surface area contributed by atoms with E-state index >= 15 is 0 Å². The van der Waals surface area contributed by atoms with Crippen LogP contribution in [0.1, 0.15) is 26.5 Å². The second-order valence-corrected chi connectivity index (χ2v) is 25.7. The van der Waals surface area contributed by atoms with Gasteiger partial charge in [-0.3, -0.25) is 4.79 Å². The van der Waals surface area contributed by atoms with Gasteiger partial charge in [-0.25, -0.2) is 14.5 Å². The molecule has 2 aromatic heterocycles. The highest BCUT2D eigenvalue weighted by atomic mass is 28.3. The predicted octanol–water partition coefficient (Wildman–Crippen LogP) is 8.33. The molecule has 0 unspecified atom stereocenters. The number of benzene rings is 3. The molecule has 0 saturated carbocycles. The molecule has 0 bridgehead atoms. The van der Waals surface area contributed by atoms with Crippen LogP contribution in [0, 0.1) is 0 Å². The Morgan fingerprint density at radius 3 is 2.16 bits per heavy atom. The van der Waals surface area contributed by atoms with Gasteiger partial charge in [0.1, 0.15) is 30.5 Å². The largest absolute Gasteiger partial charge is 0.465 e. The summed E-state index contributed by atoms with van der Waals surface area (Å²) in [5, 5.41) is 5.27. The van der Waals surface area contributed by atoms with Crippen LogP contribution in [0.5, 0.6) is 11.5 Å². The Hall–Kier alpha value is -4.37. The van der Waals surface area contributed by atoms with Crippen molar-refractivity contribution in [3.63, 3.8) is 0 Å². The van der Waals surface area contributed by atoms with E-state index in [4.69, 9.17) is 18.9 Å². The molecule has 0 N–H and O–H groups in total. The monoisotopic (exact) mass is 698 g/mol. The minimum Gasteiger partial charge on any atom is -0.465 e. The first-order valence-corrected chi connectivity index (χ1v) is 23.9. The summed E-state index contributed by atoms with van der Waals surface area (Å²) in [5.41, 5.74) is 2.34. The van der Waals surface area contributed by atoms with Gasteiger partial charge in [-0.15, -0.1) is 5.10 Å². The summed E-state index contributed by atoms with van der Waals surface area (Å²) >= 11 is 0. The number of hydrogen-bond donors (Lipinski definition) is 0. The predicted molar refractivity (Wildman–Crippen MR) is 197 cm³/mol. The number of hydrogen-bond acceptors (Lipinski definition) is 8. The van der Waals surface area contributed by atoms with E-state index in [1.165, 1.54) is 7.11 Å². The number of methoxy groups -OCH3 is 1. The number of nitrogens with zero attached hydrogens (tertiary/aromatic N) is 4. The fourth-order valence-corrected chi connectivity index (χ4v) is 6.63. The van der Waals surface area contributed by atoms with Gasteiger partial charge in [0, 0.05) is 52.1 Å². The van der Waals surface area contributed by atoms with Gasteiger partial charge >= 0.3 is 5.97 Å². The summed E-state index contributed by atoms with van der Waals surface area (Å²) in [6.07, 6.45) is 1.91. The van der Waals surface area contributed by atoms with Crippen LogP contribution in [0.15, 0.2) is 79.0 Å². The fourth-order valence-electron chi connectivity index (χ4n) is 5.12. The number of esters is 1. The van der Waals surface area contributed by atoms with E-state index in [1.54, 1.807) is 28.9 Å². The highest BCUT2D eigenvalue weighted by molar-refractivity contribution is 6.76. The van der Waals surface area contributed by atoms with Crippen LogP contribution in [-0.4, -0.2) is 67.6 Å². The molecule has 3 aromatic carbocycles. The van der Waals surface area contributed by atoms with E-state index in [-0.39, 0.29) is 18.3 Å². The summed E-state index contributed by atoms with van der Waals surface area (Å²) in [4.78, 5) is 31.1. The zero-order valence-corrected chi connectivity index (χ0v) is 31.5. The van der Waals surface area contributed by atoms with E-state index in [0.717, 1.165) is 17.6 Å². The highest BCUT2D eigenvalue weighted by Gasteiger charge is 2.23. The Morgan fingerprint density at radius 2 is 1.49 bits per heavy atom. The molecule has 0 aliphatic carbocycles. The maximum Gasteiger partial charge on any atom is 0.342 e. The molecule has 0 aliphatic rings. The van der Waals surface area contributed by atoms with Crippen LogP contribution in [0.2, 0.25) is 51.4 Å². The zero-order chi connectivity index (χ0) is 35.2. The Balaban J connectivity index is 1.43. The van der Waals surface area contributed by atoms with Crippen LogP contribution in [0.4, 0.5) is 0 Å². The van der Waals surface area contributed by atoms with Crippen molar-refractivity contribution in [1.29, 1.82) is 0 Å². The van der Waals surface area contributed by atoms with Crippen molar-refractivity contribution >= 4 is 38.8 Å². The Labute approximate surface area is 290 Å². The van der Waals surface area contributed by atoms with E-state index in [2.05, 4.69) is 49.4 Å². The average molecular weight is 699 g/mol. The second-order valence-electron chi connectivity index (χ2n) is 14.4. The van der Waals surface area contributed by atoms with Crippen molar-refractivity contribution in [2.75, 3.05) is 20.3 Å². The topological polar surface area (TPSA) is 107 Å². The van der Waals surface area contributed by atoms with E-state index in [9.17, 15) is 9.59 Å². The third kappa shape index (κ3) is 9.41. The molecule has 2 heterocycles. The van der Waals surface area contributed by atoms with Gasteiger partial charge in [-0.1, -0.05) is 81.7 Å². The van der Waals surface area contributed by atoms with Crippen molar-refractivity contribution in [3.05, 3.63) is 95.9 Å². The number of aromatic nitrogens is 4. The molecule has 0 aliphatic heterocycles. The third-order valence-electron chi connectivity index (χ3n) is 7.97. The summed E-state index contributed by atoms with van der Waals surface area (Å²) in [5.74, 6) is 0.584. The van der Waals surface area contributed by atoms with Crippen LogP contribution in [0.3, 0.4) is 0 Å². The zero-order valence-electron chi connectivity index (χ0n) is 29.5. The molecule has 258 valence electrons. The van der Waals surface area contributed by atoms with Crippen LogP contribution < -0.4 is 4.74 Å². The first-order chi connectivity index (χ1) is 23.3. The normalized spacial score (nSPS) is 12.0. The van der Waals surface area contributed by atoms with E-state index in [0.29, 0.717) is 59.3 Å². The van der Waals surface area contributed by atoms with Gasteiger partial charge < -0.3 is 23.5 Å². The quantitative estimate of drug-likeness (QED) is 0.0438. The molecule has 0 saturated heterocycles. The van der Waals surface area contributed by atoms with Gasteiger partial charge in [-0.2, -0.15) is 0 Å². The fraction of sp³-hybridized carbons (Fsp3) is 0.351. The van der Waals surface area contributed by atoms with E-state index in [1.807, 2.05) is 59.3 Å². The molecule has 12 heteroatoms. The molecular formula is C37H46N4O6Si2. The van der Waals surface area contributed by atoms with E-state index < -0.39 is 22.1 Å². The van der Waals surface area contributed by atoms with Gasteiger partial charge in [0.2, 0.25) is 11.6 Å². The molecule has 0 radical (unpaired) electrons. The molecule has 10 nitrogen and oxygen atoms in total. The van der Waals surface area contributed by atoms with Crippen molar-refractivity contribution in [2.45, 2.75) is 64.8 Å². The molecule has 49 heavy (non-hydrogen) atoms. The first kappa shape index (κ1) is 35.9. The number of carbonyl (C=O) groups is 2. The van der Waals surface area contributed by atoms with Crippen LogP contribution in [0.25, 0.3) is 22.3 Å². The van der Waals surface area contributed by atoms with Crippen LogP contribution in [-0.2, 0) is 27.7 Å². The number of carbonyl (C=O) groups excluding carboxylic acids is 2. The molecule has 0 amide bonds. The van der Waals surface area contributed by atoms with Gasteiger partial charge in [0.15, 0.2) is 5.82 Å². The van der Waals surface area contributed by atoms with Gasteiger partial charge in [0.05, 0.1) is 12.6 Å². The lowest BCUT2D eigenvalue weighted by atomic mass is 10.1. The molecule has 0 fully saturated rings. The van der Waals surface area contributed by atoms with Crippen molar-refractivity contribution in [1.82, 2.24) is 19.3 Å². The average Bonchev–Trinajstić information content (AvgIpc) is 3.68. The minimum absolute atomic E-state index is 0.0775. The standard InChI is InChI=1S/C37H46N4O6Si2/c1-44-37(43)33-30-18-19-40(25-45-20-22-48(2,3)4)31(30)16-17-32(33)47-29-15-11-14-28(24-29)36-38-35(34(42)27-12-9-8-10-13-27)39-41(36)26-46-21-23-49(5,6)7/h8-19,24H,20-23,25-26H2,1-7H3. The Bertz CT molecular complexity index is 1910. The Kier molecular flexibility index (Phi) is 11.3. The molecule has 0 atom stereocenters. The third-order valence-corrected chi connectivity index (χ3v) is 11.4. The Morgan fingerprint density at radius 1 is 0.796 bits per heavy atom. The number of fused-ring (bicyclic) bond motifs is 1. The molecule has 0 spiro atoms. The van der Waals surface area contributed by atoms with Gasteiger partial charge in [0.25, 0.3) is 0 Å². The van der Waals surface area contributed by atoms with Crippen molar-refractivity contribution < 1.29 is 28.5 Å². The summed E-state index contributed by atoms with van der Waals surface area (Å²) in [7, 11) is -1.15. The maximum absolute atomic E-state index is 13.3. The number of ketones is 1. The highest BCUT2D eigenvalue weighted by Crippen LogP contribution is 2.34. The lowest BCUT2D eigenvalue weighted by Crippen LogP contribution is -2.22. The van der Waals surface area contributed by atoms with Crippen molar-refractivity contribution in [3.8, 4) is 22.9 Å².